The van der Waals surface area contributed by atoms with E-state index < -0.39 is 28.5 Å². The topological polar surface area (TPSA) is 86.8 Å². The standard InChI is InChI=1S/C24H32ClN3O4S/c1-6-13-26-24(30)19(4)27(15-20-9-7-17(2)8-10-20)23(29)16-28(33(5,31)32)22-12-11-21(25)14-18(22)3/h7-12,14,19H,6,13,15-16H2,1-5H3,(H,26,30)/t19-/m1/s1. The molecule has 0 aromatic heterocycles. The zero-order chi connectivity index (χ0) is 24.8. The molecule has 0 bridgehead atoms. The van der Waals surface area contributed by atoms with Gasteiger partial charge in [-0.1, -0.05) is 48.4 Å². The molecule has 1 N–H and O–H groups in total. The zero-order valence-corrected chi connectivity index (χ0v) is 21.3. The third-order valence-electron chi connectivity index (χ3n) is 5.30. The summed E-state index contributed by atoms with van der Waals surface area (Å²) in [6, 6.07) is 11.7. The zero-order valence-electron chi connectivity index (χ0n) is 19.8. The van der Waals surface area contributed by atoms with E-state index in [0.29, 0.717) is 22.8 Å². The number of amides is 2. The molecule has 0 spiro atoms. The summed E-state index contributed by atoms with van der Waals surface area (Å²) in [5, 5.41) is 3.28. The van der Waals surface area contributed by atoms with E-state index in [1.165, 1.54) is 4.90 Å². The smallest absolute Gasteiger partial charge is 0.244 e. The van der Waals surface area contributed by atoms with Gasteiger partial charge in [-0.15, -0.1) is 0 Å². The van der Waals surface area contributed by atoms with Crippen molar-refractivity contribution in [2.75, 3.05) is 23.7 Å². The second-order valence-electron chi connectivity index (χ2n) is 8.17. The number of carbonyl (C=O) groups is 2. The molecular weight excluding hydrogens is 462 g/mol. The summed E-state index contributed by atoms with van der Waals surface area (Å²) in [5.41, 5.74) is 2.91. The van der Waals surface area contributed by atoms with Gasteiger partial charge in [0.1, 0.15) is 12.6 Å². The Labute approximate surface area is 201 Å². The van der Waals surface area contributed by atoms with Crippen LogP contribution < -0.4 is 9.62 Å². The van der Waals surface area contributed by atoms with Crippen molar-refractivity contribution in [1.29, 1.82) is 0 Å². The molecule has 0 aliphatic carbocycles. The highest BCUT2D eigenvalue weighted by molar-refractivity contribution is 7.92. The van der Waals surface area contributed by atoms with Gasteiger partial charge in [-0.05, 0) is 56.5 Å². The van der Waals surface area contributed by atoms with Gasteiger partial charge >= 0.3 is 0 Å². The van der Waals surface area contributed by atoms with E-state index in [0.717, 1.165) is 28.1 Å². The van der Waals surface area contributed by atoms with Crippen molar-refractivity contribution in [3.05, 3.63) is 64.2 Å². The van der Waals surface area contributed by atoms with Crippen LogP contribution >= 0.6 is 11.6 Å². The van der Waals surface area contributed by atoms with Crippen LogP contribution in [0.5, 0.6) is 0 Å². The Bertz CT molecular complexity index is 1090. The van der Waals surface area contributed by atoms with Crippen LogP contribution in [0, 0.1) is 13.8 Å². The van der Waals surface area contributed by atoms with E-state index in [-0.39, 0.29) is 12.5 Å². The summed E-state index contributed by atoms with van der Waals surface area (Å²) in [7, 11) is -3.78. The number of halogens is 1. The maximum atomic E-state index is 13.5. The Kier molecular flexibility index (Phi) is 9.31. The molecule has 0 aliphatic heterocycles. The van der Waals surface area contributed by atoms with Gasteiger partial charge in [-0.25, -0.2) is 8.42 Å². The number of aryl methyl sites for hydroxylation is 2. The van der Waals surface area contributed by atoms with Crippen molar-refractivity contribution >= 4 is 39.1 Å². The van der Waals surface area contributed by atoms with Gasteiger partial charge in [0, 0.05) is 18.1 Å². The lowest BCUT2D eigenvalue weighted by Crippen LogP contribution is -2.51. The van der Waals surface area contributed by atoms with Crippen molar-refractivity contribution in [1.82, 2.24) is 10.2 Å². The van der Waals surface area contributed by atoms with Gasteiger partial charge < -0.3 is 10.2 Å². The molecule has 2 aromatic rings. The molecule has 33 heavy (non-hydrogen) atoms. The van der Waals surface area contributed by atoms with Gasteiger partial charge in [0.15, 0.2) is 0 Å². The Hall–Kier alpha value is -2.58. The first-order valence-electron chi connectivity index (χ1n) is 10.8. The number of anilines is 1. The molecule has 0 saturated carbocycles. The van der Waals surface area contributed by atoms with Crippen LogP contribution in [0.2, 0.25) is 5.02 Å². The second kappa shape index (κ2) is 11.5. The number of carbonyl (C=O) groups excluding carboxylic acids is 2. The quantitative estimate of drug-likeness (QED) is 0.547. The third kappa shape index (κ3) is 7.47. The lowest BCUT2D eigenvalue weighted by Gasteiger charge is -2.32. The second-order valence-corrected chi connectivity index (χ2v) is 10.5. The Balaban J connectivity index is 2.39. The van der Waals surface area contributed by atoms with Gasteiger partial charge in [0.2, 0.25) is 21.8 Å². The van der Waals surface area contributed by atoms with E-state index in [4.69, 9.17) is 11.6 Å². The van der Waals surface area contributed by atoms with Crippen LogP contribution in [0.3, 0.4) is 0 Å². The highest BCUT2D eigenvalue weighted by Crippen LogP contribution is 2.26. The first-order chi connectivity index (χ1) is 15.4. The number of sulfonamides is 1. The molecule has 0 radical (unpaired) electrons. The number of hydrogen-bond acceptors (Lipinski definition) is 4. The summed E-state index contributed by atoms with van der Waals surface area (Å²) in [6.45, 7) is 7.53. The molecule has 2 aromatic carbocycles. The van der Waals surface area contributed by atoms with Crippen molar-refractivity contribution in [2.45, 2.75) is 46.7 Å². The molecule has 1 atom stereocenters. The Morgan fingerprint density at radius 3 is 2.27 bits per heavy atom. The molecule has 0 unspecified atom stereocenters. The number of benzene rings is 2. The molecule has 7 nitrogen and oxygen atoms in total. The highest BCUT2D eigenvalue weighted by atomic mass is 35.5. The molecule has 2 rings (SSSR count). The predicted molar refractivity (Wildman–Crippen MR) is 133 cm³/mol. The summed E-state index contributed by atoms with van der Waals surface area (Å²) in [6.07, 6.45) is 1.82. The van der Waals surface area contributed by atoms with Crippen LogP contribution in [-0.2, 0) is 26.2 Å². The van der Waals surface area contributed by atoms with E-state index in [2.05, 4.69) is 5.32 Å². The van der Waals surface area contributed by atoms with Gasteiger partial charge in [0.25, 0.3) is 0 Å². The maximum absolute atomic E-state index is 13.5. The van der Waals surface area contributed by atoms with Gasteiger partial charge in [0.05, 0.1) is 11.9 Å². The fraction of sp³-hybridized carbons (Fsp3) is 0.417. The summed E-state index contributed by atoms with van der Waals surface area (Å²) < 4.78 is 26.3. The number of hydrogen-bond donors (Lipinski definition) is 1. The van der Waals surface area contributed by atoms with Crippen molar-refractivity contribution < 1.29 is 18.0 Å². The highest BCUT2D eigenvalue weighted by Gasteiger charge is 2.30. The van der Waals surface area contributed by atoms with Crippen LogP contribution in [0.25, 0.3) is 0 Å². The lowest BCUT2D eigenvalue weighted by atomic mass is 10.1. The molecular formula is C24H32ClN3O4S. The SMILES string of the molecule is CCCNC(=O)[C@@H](C)N(Cc1ccc(C)cc1)C(=O)CN(c1ccc(Cl)cc1C)S(C)(=O)=O. The minimum Gasteiger partial charge on any atom is -0.354 e. The van der Waals surface area contributed by atoms with Crippen LogP contribution in [0.4, 0.5) is 5.69 Å². The Morgan fingerprint density at radius 1 is 1.09 bits per heavy atom. The Morgan fingerprint density at radius 2 is 1.73 bits per heavy atom. The first-order valence-corrected chi connectivity index (χ1v) is 13.0. The van der Waals surface area contributed by atoms with Crippen molar-refractivity contribution in [2.24, 2.45) is 0 Å². The largest absolute Gasteiger partial charge is 0.354 e. The van der Waals surface area contributed by atoms with Crippen LogP contribution in [0.15, 0.2) is 42.5 Å². The maximum Gasteiger partial charge on any atom is 0.244 e. The molecule has 0 saturated heterocycles. The van der Waals surface area contributed by atoms with E-state index in [1.54, 1.807) is 32.0 Å². The average Bonchev–Trinajstić information content (AvgIpc) is 2.74. The predicted octanol–water partition coefficient (Wildman–Crippen LogP) is 3.67. The summed E-state index contributed by atoms with van der Waals surface area (Å²) >= 11 is 6.02. The molecule has 2 amide bonds. The lowest BCUT2D eigenvalue weighted by molar-refractivity contribution is -0.139. The normalized spacial score (nSPS) is 12.2. The van der Waals surface area contributed by atoms with Gasteiger partial charge in [-0.2, -0.15) is 0 Å². The van der Waals surface area contributed by atoms with E-state index >= 15 is 0 Å². The van der Waals surface area contributed by atoms with Crippen LogP contribution in [-0.4, -0.2) is 50.5 Å². The van der Waals surface area contributed by atoms with Crippen molar-refractivity contribution in [3.63, 3.8) is 0 Å². The average molecular weight is 494 g/mol. The first kappa shape index (κ1) is 26.7. The third-order valence-corrected chi connectivity index (χ3v) is 6.66. The molecule has 180 valence electrons. The fourth-order valence-corrected chi connectivity index (χ4v) is 4.50. The van der Waals surface area contributed by atoms with Crippen molar-refractivity contribution in [3.8, 4) is 0 Å². The molecule has 0 fully saturated rings. The van der Waals surface area contributed by atoms with E-state index in [1.807, 2.05) is 38.1 Å². The number of nitrogens with one attached hydrogen (secondary N) is 1. The minimum absolute atomic E-state index is 0.178. The van der Waals surface area contributed by atoms with E-state index in [9.17, 15) is 18.0 Å². The molecule has 0 heterocycles. The number of rotatable bonds is 10. The minimum atomic E-state index is -3.78. The fourth-order valence-electron chi connectivity index (χ4n) is 3.36. The molecule has 0 aliphatic rings. The summed E-state index contributed by atoms with van der Waals surface area (Å²) in [5.74, 6) is -0.764. The van der Waals surface area contributed by atoms with Gasteiger partial charge in [-0.3, -0.25) is 13.9 Å². The molecule has 9 heteroatoms. The summed E-state index contributed by atoms with van der Waals surface area (Å²) in [4.78, 5) is 27.6. The monoisotopic (exact) mass is 493 g/mol. The van der Waals surface area contributed by atoms with Crippen LogP contribution in [0.1, 0.15) is 37.0 Å². The number of nitrogens with zero attached hydrogens (tertiary/aromatic N) is 2.